The number of carbonyl (C=O) groups is 4. The fourth-order valence-corrected chi connectivity index (χ4v) is 3.51. The minimum Gasteiger partial charge on any atom is -0.480 e. The molecule has 2 aromatic carbocycles. The molecule has 1 fully saturated rings. The molecule has 3 rings (SSSR count). The molecule has 10 heteroatoms. The number of hydrogen-bond acceptors (Lipinski definition) is 4. The molecular formula is C22H19F3N2O5. The van der Waals surface area contributed by atoms with E-state index in [-0.39, 0.29) is 0 Å². The minimum atomic E-state index is -4.88. The van der Waals surface area contributed by atoms with E-state index in [1.54, 1.807) is 24.3 Å². The number of hydrogen-bond donors (Lipinski definition) is 2. The molecule has 1 aliphatic rings. The predicted octanol–water partition coefficient (Wildman–Crippen LogP) is 2.40. The lowest BCUT2D eigenvalue weighted by Crippen LogP contribution is -2.60. The Kier molecular flexibility index (Phi) is 6.61. The average Bonchev–Trinajstić information content (AvgIpc) is 2.74. The van der Waals surface area contributed by atoms with Crippen molar-refractivity contribution in [1.29, 1.82) is 0 Å². The molecule has 0 spiro atoms. The zero-order chi connectivity index (χ0) is 23.5. The number of amides is 2. The van der Waals surface area contributed by atoms with Crippen molar-refractivity contribution in [3.8, 4) is 11.1 Å². The van der Waals surface area contributed by atoms with Crippen molar-refractivity contribution in [3.05, 3.63) is 60.2 Å². The van der Waals surface area contributed by atoms with Crippen LogP contribution < -0.4 is 5.32 Å². The lowest BCUT2D eigenvalue weighted by Gasteiger charge is -2.38. The largest absolute Gasteiger partial charge is 0.480 e. The number of nitrogens with zero attached hydrogens (tertiary/aromatic N) is 1. The molecule has 0 saturated carbocycles. The van der Waals surface area contributed by atoms with Crippen LogP contribution in [0.1, 0.15) is 12.0 Å². The Hall–Kier alpha value is -3.69. The van der Waals surface area contributed by atoms with Gasteiger partial charge in [0.25, 0.3) is 0 Å². The SMILES string of the molecule is O=C(O)CNC(=O)C1C(=O)CC(C(F)(F)F)N(Cc2ccc(-c3ccccc3)cc2)C1=O. The van der Waals surface area contributed by atoms with Gasteiger partial charge in [0.1, 0.15) is 12.6 Å². The second-order valence-corrected chi connectivity index (χ2v) is 7.30. The van der Waals surface area contributed by atoms with Gasteiger partial charge in [0, 0.05) is 13.0 Å². The summed E-state index contributed by atoms with van der Waals surface area (Å²) < 4.78 is 40.8. The summed E-state index contributed by atoms with van der Waals surface area (Å²) in [5, 5.41) is 10.5. The van der Waals surface area contributed by atoms with E-state index in [2.05, 4.69) is 0 Å². The Bertz CT molecular complexity index is 1020. The summed E-state index contributed by atoms with van der Waals surface area (Å²) in [5.74, 6) is -7.17. The fourth-order valence-electron chi connectivity index (χ4n) is 3.51. The van der Waals surface area contributed by atoms with Crippen LogP contribution in [0.25, 0.3) is 11.1 Å². The molecule has 0 aliphatic carbocycles. The Morgan fingerprint density at radius 3 is 2.16 bits per heavy atom. The molecule has 32 heavy (non-hydrogen) atoms. The quantitative estimate of drug-likeness (QED) is 0.661. The van der Waals surface area contributed by atoms with Gasteiger partial charge in [0.05, 0.1) is 0 Å². The number of alkyl halides is 3. The summed E-state index contributed by atoms with van der Waals surface area (Å²) in [7, 11) is 0. The van der Waals surface area contributed by atoms with Crippen molar-refractivity contribution >= 4 is 23.6 Å². The predicted molar refractivity (Wildman–Crippen MR) is 106 cm³/mol. The van der Waals surface area contributed by atoms with Crippen LogP contribution in [0.5, 0.6) is 0 Å². The number of ketones is 1. The van der Waals surface area contributed by atoms with E-state index < -0.39 is 61.2 Å². The molecule has 1 saturated heterocycles. The number of halogens is 3. The van der Waals surface area contributed by atoms with E-state index in [4.69, 9.17) is 5.11 Å². The normalized spacial score (nSPS) is 19.0. The molecule has 168 valence electrons. The van der Waals surface area contributed by atoms with Crippen molar-refractivity contribution in [2.24, 2.45) is 5.92 Å². The molecule has 1 aliphatic heterocycles. The van der Waals surface area contributed by atoms with Gasteiger partial charge < -0.3 is 15.3 Å². The number of carboxylic acid groups (broad SMARTS) is 1. The molecule has 0 aromatic heterocycles. The van der Waals surface area contributed by atoms with Crippen LogP contribution in [0, 0.1) is 5.92 Å². The zero-order valence-corrected chi connectivity index (χ0v) is 16.6. The second kappa shape index (κ2) is 9.21. The number of rotatable bonds is 6. The zero-order valence-electron chi connectivity index (χ0n) is 16.6. The van der Waals surface area contributed by atoms with Gasteiger partial charge in [-0.2, -0.15) is 13.2 Å². The third kappa shape index (κ3) is 5.13. The summed E-state index contributed by atoms with van der Waals surface area (Å²) in [5.41, 5.74) is 2.11. The number of aliphatic carboxylic acids is 1. The number of piperidine rings is 1. The van der Waals surface area contributed by atoms with Crippen LogP contribution in [-0.2, 0) is 25.7 Å². The van der Waals surface area contributed by atoms with Gasteiger partial charge in [-0.25, -0.2) is 0 Å². The number of carboxylic acids is 1. The molecule has 2 unspecified atom stereocenters. The summed E-state index contributed by atoms with van der Waals surface area (Å²) in [6.45, 7) is -1.33. The Morgan fingerprint density at radius 1 is 1.00 bits per heavy atom. The Balaban J connectivity index is 1.85. The molecule has 2 amide bonds. The van der Waals surface area contributed by atoms with Gasteiger partial charge in [0.2, 0.25) is 11.8 Å². The maximum absolute atomic E-state index is 13.6. The van der Waals surface area contributed by atoms with Gasteiger partial charge in [-0.1, -0.05) is 54.6 Å². The van der Waals surface area contributed by atoms with Crippen molar-refractivity contribution in [2.75, 3.05) is 6.54 Å². The molecule has 2 N–H and O–H groups in total. The van der Waals surface area contributed by atoms with Gasteiger partial charge in [-0.05, 0) is 16.7 Å². The van der Waals surface area contributed by atoms with E-state index in [0.717, 1.165) is 11.1 Å². The Labute approximate surface area is 180 Å². The minimum absolute atomic E-state index is 0.381. The van der Waals surface area contributed by atoms with E-state index in [9.17, 15) is 32.3 Å². The van der Waals surface area contributed by atoms with Crippen LogP contribution >= 0.6 is 0 Å². The highest BCUT2D eigenvalue weighted by atomic mass is 19.4. The molecular weight excluding hydrogens is 429 g/mol. The second-order valence-electron chi connectivity index (χ2n) is 7.30. The first kappa shape index (κ1) is 23.0. The Morgan fingerprint density at radius 2 is 1.59 bits per heavy atom. The van der Waals surface area contributed by atoms with Crippen molar-refractivity contribution in [1.82, 2.24) is 10.2 Å². The molecule has 0 radical (unpaired) electrons. The van der Waals surface area contributed by atoms with Crippen LogP contribution in [0.3, 0.4) is 0 Å². The third-order valence-electron chi connectivity index (χ3n) is 5.09. The van der Waals surface area contributed by atoms with Crippen molar-refractivity contribution < 1.29 is 37.5 Å². The van der Waals surface area contributed by atoms with Crippen LogP contribution in [0.2, 0.25) is 0 Å². The highest BCUT2D eigenvalue weighted by Gasteiger charge is 2.54. The first-order valence-electron chi connectivity index (χ1n) is 9.61. The highest BCUT2D eigenvalue weighted by Crippen LogP contribution is 2.34. The molecule has 0 bridgehead atoms. The first-order valence-corrected chi connectivity index (χ1v) is 9.61. The molecule has 2 aromatic rings. The van der Waals surface area contributed by atoms with Gasteiger partial charge in [-0.15, -0.1) is 0 Å². The smallest absolute Gasteiger partial charge is 0.409 e. The fraction of sp³-hybridized carbons (Fsp3) is 0.273. The topological polar surface area (TPSA) is 104 Å². The van der Waals surface area contributed by atoms with Crippen molar-refractivity contribution in [2.45, 2.75) is 25.2 Å². The van der Waals surface area contributed by atoms with Gasteiger partial charge in [0.15, 0.2) is 11.7 Å². The summed E-state index contributed by atoms with van der Waals surface area (Å²) >= 11 is 0. The van der Waals surface area contributed by atoms with Crippen LogP contribution in [-0.4, -0.2) is 52.3 Å². The van der Waals surface area contributed by atoms with Gasteiger partial charge in [-0.3, -0.25) is 19.2 Å². The average molecular weight is 448 g/mol. The van der Waals surface area contributed by atoms with Crippen LogP contribution in [0.4, 0.5) is 13.2 Å². The third-order valence-corrected chi connectivity index (χ3v) is 5.09. The number of nitrogens with one attached hydrogen (secondary N) is 1. The monoisotopic (exact) mass is 448 g/mol. The maximum atomic E-state index is 13.6. The maximum Gasteiger partial charge on any atom is 0.409 e. The number of carbonyl (C=O) groups excluding carboxylic acids is 3. The first-order chi connectivity index (χ1) is 15.1. The molecule has 7 nitrogen and oxygen atoms in total. The van der Waals surface area contributed by atoms with E-state index in [1.165, 1.54) is 0 Å². The summed E-state index contributed by atoms with van der Waals surface area (Å²) in [6.07, 6.45) is -5.96. The standard InChI is InChI=1S/C22H19F3N2O5/c23-22(24,25)17-10-16(28)19(20(31)26-11-18(29)30)21(32)27(17)12-13-6-8-15(9-7-13)14-4-2-1-3-5-14/h1-9,17,19H,10-12H2,(H,26,31)(H,29,30). The van der Waals surface area contributed by atoms with Crippen LogP contribution in [0.15, 0.2) is 54.6 Å². The van der Waals surface area contributed by atoms with E-state index in [1.807, 2.05) is 35.6 Å². The summed E-state index contributed by atoms with van der Waals surface area (Å²) in [6, 6.07) is 13.4. The number of benzene rings is 2. The summed E-state index contributed by atoms with van der Waals surface area (Å²) in [4.78, 5) is 48.2. The van der Waals surface area contributed by atoms with Crippen molar-refractivity contribution in [3.63, 3.8) is 0 Å². The number of Topliss-reactive ketones (excluding diaryl/α,β-unsaturated/α-hetero) is 1. The highest BCUT2D eigenvalue weighted by molar-refractivity contribution is 6.19. The van der Waals surface area contributed by atoms with E-state index in [0.29, 0.717) is 10.5 Å². The molecule has 1 heterocycles. The van der Waals surface area contributed by atoms with Gasteiger partial charge >= 0.3 is 12.1 Å². The number of likely N-dealkylation sites (tertiary alicyclic amines) is 1. The lowest BCUT2D eigenvalue weighted by atomic mass is 9.88. The molecule has 2 atom stereocenters. The van der Waals surface area contributed by atoms with E-state index >= 15 is 0 Å². The lowest BCUT2D eigenvalue weighted by molar-refractivity contribution is -0.201.